The molecule has 1 saturated carbocycles. The molecule has 0 aromatic heterocycles. The summed E-state index contributed by atoms with van der Waals surface area (Å²) in [5.74, 6) is 1.78. The van der Waals surface area contributed by atoms with Crippen LogP contribution < -0.4 is 5.32 Å². The molecule has 1 fully saturated rings. The molecule has 0 saturated heterocycles. The van der Waals surface area contributed by atoms with Gasteiger partial charge in [-0.15, -0.1) is 0 Å². The third kappa shape index (κ3) is 3.65. The first-order valence-corrected chi connectivity index (χ1v) is 6.85. The second-order valence-corrected chi connectivity index (χ2v) is 6.45. The lowest BCUT2D eigenvalue weighted by Crippen LogP contribution is -2.30. The fraction of sp³-hybridized carbons (Fsp3) is 1.00. The average Bonchev–Trinajstić information content (AvgIpc) is 2.66. The fourth-order valence-electron chi connectivity index (χ4n) is 1.83. The molecular formula is C9H19NO2S. The van der Waals surface area contributed by atoms with Crippen LogP contribution in [0.3, 0.4) is 0 Å². The van der Waals surface area contributed by atoms with Crippen LogP contribution in [0, 0.1) is 11.8 Å². The van der Waals surface area contributed by atoms with E-state index in [2.05, 4.69) is 12.2 Å². The first kappa shape index (κ1) is 11.0. The summed E-state index contributed by atoms with van der Waals surface area (Å²) in [6.45, 7) is 2.22. The van der Waals surface area contributed by atoms with Crippen molar-refractivity contribution in [3.8, 4) is 0 Å². The molecule has 3 atom stereocenters. The third-order valence-corrected chi connectivity index (χ3v) is 3.84. The van der Waals surface area contributed by atoms with Gasteiger partial charge in [-0.25, -0.2) is 8.42 Å². The predicted octanol–water partition coefficient (Wildman–Crippen LogP) is 0.665. The van der Waals surface area contributed by atoms with Crippen molar-refractivity contribution in [2.75, 3.05) is 19.1 Å². The van der Waals surface area contributed by atoms with Crippen LogP contribution in [0.2, 0.25) is 0 Å². The van der Waals surface area contributed by atoms with Crippen molar-refractivity contribution in [1.29, 1.82) is 0 Å². The highest BCUT2D eigenvalue weighted by molar-refractivity contribution is 7.90. The van der Waals surface area contributed by atoms with E-state index in [1.165, 1.54) is 12.7 Å². The Morgan fingerprint density at radius 1 is 1.54 bits per heavy atom. The Morgan fingerprint density at radius 2 is 2.08 bits per heavy atom. The molecule has 78 valence electrons. The molecule has 13 heavy (non-hydrogen) atoms. The standard InChI is InChI=1S/C9H19NO2S/c1-7-6-8(7)9(10-2)4-5-13(3,11)12/h7-10H,4-6H2,1-3H3. The van der Waals surface area contributed by atoms with Crippen molar-refractivity contribution in [2.24, 2.45) is 11.8 Å². The van der Waals surface area contributed by atoms with E-state index >= 15 is 0 Å². The van der Waals surface area contributed by atoms with E-state index in [4.69, 9.17) is 0 Å². The van der Waals surface area contributed by atoms with Gasteiger partial charge in [-0.05, 0) is 31.7 Å². The summed E-state index contributed by atoms with van der Waals surface area (Å²) in [5, 5.41) is 3.20. The van der Waals surface area contributed by atoms with Crippen molar-refractivity contribution < 1.29 is 8.42 Å². The highest BCUT2D eigenvalue weighted by atomic mass is 32.2. The van der Waals surface area contributed by atoms with Crippen LogP contribution in [0.15, 0.2) is 0 Å². The molecule has 3 unspecified atom stereocenters. The van der Waals surface area contributed by atoms with Gasteiger partial charge in [0.15, 0.2) is 0 Å². The SMILES string of the molecule is CNC(CCS(C)(=O)=O)C1CC1C. The van der Waals surface area contributed by atoms with Crippen molar-refractivity contribution in [1.82, 2.24) is 5.32 Å². The number of nitrogens with one attached hydrogen (secondary N) is 1. The Kier molecular flexibility index (Phi) is 3.35. The Morgan fingerprint density at radius 3 is 2.38 bits per heavy atom. The molecule has 0 bridgehead atoms. The molecule has 4 heteroatoms. The number of rotatable bonds is 5. The highest BCUT2D eigenvalue weighted by Gasteiger charge is 2.38. The molecule has 0 aliphatic heterocycles. The Hall–Kier alpha value is -0.0900. The normalized spacial score (nSPS) is 30.1. The molecule has 0 radical (unpaired) electrons. The molecule has 0 aromatic carbocycles. The molecule has 0 heterocycles. The predicted molar refractivity (Wildman–Crippen MR) is 54.4 cm³/mol. The Bertz CT molecular complexity index is 261. The van der Waals surface area contributed by atoms with Crippen molar-refractivity contribution in [3.05, 3.63) is 0 Å². The molecule has 3 nitrogen and oxygen atoms in total. The molecule has 1 aliphatic carbocycles. The van der Waals surface area contributed by atoms with Gasteiger partial charge in [0.1, 0.15) is 9.84 Å². The first-order valence-electron chi connectivity index (χ1n) is 4.79. The lowest BCUT2D eigenvalue weighted by molar-refractivity contribution is 0.467. The number of hydrogen-bond donors (Lipinski definition) is 1. The zero-order valence-corrected chi connectivity index (χ0v) is 9.39. The van der Waals surface area contributed by atoms with E-state index in [0.29, 0.717) is 17.7 Å². The highest BCUT2D eigenvalue weighted by Crippen LogP contribution is 2.41. The molecule has 0 spiro atoms. The van der Waals surface area contributed by atoms with Gasteiger partial charge in [-0.2, -0.15) is 0 Å². The van der Waals surface area contributed by atoms with Crippen molar-refractivity contribution in [3.63, 3.8) is 0 Å². The zero-order valence-electron chi connectivity index (χ0n) is 8.58. The minimum Gasteiger partial charge on any atom is -0.317 e. The zero-order chi connectivity index (χ0) is 10.1. The molecule has 0 amide bonds. The monoisotopic (exact) mass is 205 g/mol. The van der Waals surface area contributed by atoms with Gasteiger partial charge in [-0.3, -0.25) is 0 Å². The van der Waals surface area contributed by atoms with Crippen LogP contribution in [0.1, 0.15) is 19.8 Å². The minimum atomic E-state index is -2.79. The van der Waals surface area contributed by atoms with Gasteiger partial charge >= 0.3 is 0 Å². The summed E-state index contributed by atoms with van der Waals surface area (Å²) in [4.78, 5) is 0. The quantitative estimate of drug-likeness (QED) is 0.717. The van der Waals surface area contributed by atoms with Gasteiger partial charge in [0.2, 0.25) is 0 Å². The maximum atomic E-state index is 10.9. The minimum absolute atomic E-state index is 0.307. The number of hydrogen-bond acceptors (Lipinski definition) is 3. The molecule has 1 rings (SSSR count). The largest absolute Gasteiger partial charge is 0.317 e. The van der Waals surface area contributed by atoms with E-state index in [-0.39, 0.29) is 0 Å². The molecule has 1 N–H and O–H groups in total. The van der Waals surface area contributed by atoms with Crippen molar-refractivity contribution in [2.45, 2.75) is 25.8 Å². The van der Waals surface area contributed by atoms with E-state index in [9.17, 15) is 8.42 Å². The van der Waals surface area contributed by atoms with Crippen LogP contribution in [0.4, 0.5) is 0 Å². The maximum absolute atomic E-state index is 10.9. The summed E-state index contributed by atoms with van der Waals surface area (Å²) in [6.07, 6.45) is 3.30. The van der Waals surface area contributed by atoms with E-state index in [0.717, 1.165) is 12.3 Å². The van der Waals surface area contributed by atoms with Crippen LogP contribution in [-0.2, 0) is 9.84 Å². The van der Waals surface area contributed by atoms with Crippen LogP contribution >= 0.6 is 0 Å². The van der Waals surface area contributed by atoms with Crippen molar-refractivity contribution >= 4 is 9.84 Å². The summed E-state index contributed by atoms with van der Waals surface area (Å²) in [5.41, 5.74) is 0. The summed E-state index contributed by atoms with van der Waals surface area (Å²) in [7, 11) is -0.878. The summed E-state index contributed by atoms with van der Waals surface area (Å²) < 4.78 is 21.9. The van der Waals surface area contributed by atoms with Gasteiger partial charge in [0, 0.05) is 12.3 Å². The van der Waals surface area contributed by atoms with E-state index in [1.807, 2.05) is 7.05 Å². The maximum Gasteiger partial charge on any atom is 0.147 e. The van der Waals surface area contributed by atoms with Gasteiger partial charge in [-0.1, -0.05) is 6.92 Å². The molecular weight excluding hydrogens is 186 g/mol. The summed E-state index contributed by atoms with van der Waals surface area (Å²) in [6, 6.07) is 0.393. The van der Waals surface area contributed by atoms with Gasteiger partial charge in [0.05, 0.1) is 5.75 Å². The van der Waals surface area contributed by atoms with E-state index in [1.54, 1.807) is 0 Å². The topological polar surface area (TPSA) is 46.2 Å². The average molecular weight is 205 g/mol. The molecule has 0 aromatic rings. The van der Waals surface area contributed by atoms with Crippen LogP contribution in [-0.4, -0.2) is 33.5 Å². The second-order valence-electron chi connectivity index (χ2n) is 4.19. The van der Waals surface area contributed by atoms with Crippen LogP contribution in [0.25, 0.3) is 0 Å². The van der Waals surface area contributed by atoms with Gasteiger partial charge < -0.3 is 5.32 Å². The second kappa shape index (κ2) is 3.96. The van der Waals surface area contributed by atoms with Crippen LogP contribution in [0.5, 0.6) is 0 Å². The smallest absolute Gasteiger partial charge is 0.147 e. The lowest BCUT2D eigenvalue weighted by atomic mass is 10.1. The Balaban J connectivity index is 2.33. The Labute approximate surface area is 80.8 Å². The van der Waals surface area contributed by atoms with E-state index < -0.39 is 9.84 Å². The third-order valence-electron chi connectivity index (χ3n) is 2.86. The summed E-state index contributed by atoms with van der Waals surface area (Å²) >= 11 is 0. The fourth-order valence-corrected chi connectivity index (χ4v) is 2.51. The lowest BCUT2D eigenvalue weighted by Gasteiger charge is -2.14. The number of sulfone groups is 1. The molecule has 1 aliphatic rings. The van der Waals surface area contributed by atoms with Gasteiger partial charge in [0.25, 0.3) is 0 Å². The first-order chi connectivity index (χ1) is 5.94.